The second kappa shape index (κ2) is 15.1. The van der Waals surface area contributed by atoms with Crippen LogP contribution in [0.15, 0.2) is 120 Å². The van der Waals surface area contributed by atoms with Crippen LogP contribution in [0, 0.1) is 5.92 Å². The molecule has 4 aromatic carbocycles. The molecule has 4 aromatic rings. The molecule has 2 atom stereocenters. The van der Waals surface area contributed by atoms with Gasteiger partial charge in [0.15, 0.2) is 0 Å². The van der Waals surface area contributed by atoms with Crippen LogP contribution in [0.2, 0.25) is 0 Å². The Morgan fingerprint density at radius 1 is 0.841 bits per heavy atom. The van der Waals surface area contributed by atoms with Crippen LogP contribution in [-0.4, -0.2) is 44.9 Å². The highest BCUT2D eigenvalue weighted by Crippen LogP contribution is 2.31. The van der Waals surface area contributed by atoms with Crippen LogP contribution in [0.1, 0.15) is 42.1 Å². The predicted octanol–water partition coefficient (Wildman–Crippen LogP) is 5.91. The van der Waals surface area contributed by atoms with E-state index in [4.69, 9.17) is 14.3 Å². The van der Waals surface area contributed by atoms with Gasteiger partial charge < -0.3 is 9.47 Å². The summed E-state index contributed by atoms with van der Waals surface area (Å²) >= 11 is 0. The van der Waals surface area contributed by atoms with Crippen LogP contribution < -0.4 is 10.2 Å². The van der Waals surface area contributed by atoms with Gasteiger partial charge in [0.1, 0.15) is 17.9 Å². The summed E-state index contributed by atoms with van der Waals surface area (Å²) in [4.78, 5) is 20.3. The van der Waals surface area contributed by atoms with Gasteiger partial charge >= 0.3 is 0 Å². The molecule has 230 valence electrons. The Morgan fingerprint density at radius 3 is 2.02 bits per heavy atom. The summed E-state index contributed by atoms with van der Waals surface area (Å²) in [5.41, 5.74) is 5.37. The van der Waals surface area contributed by atoms with E-state index in [0.717, 1.165) is 23.1 Å². The highest BCUT2D eigenvalue weighted by Gasteiger charge is 2.42. The molecule has 0 spiro atoms. The van der Waals surface area contributed by atoms with Gasteiger partial charge in [-0.2, -0.15) is 4.31 Å². The van der Waals surface area contributed by atoms with E-state index in [-0.39, 0.29) is 18.0 Å². The molecule has 1 aliphatic heterocycles. The third-order valence-corrected chi connectivity index (χ3v) is 9.72. The van der Waals surface area contributed by atoms with Gasteiger partial charge in [0.2, 0.25) is 10.0 Å². The largest absolute Gasteiger partial charge is 0.497 e. The standard InChI is InChI=1S/C35H38N2O6S/c1-41-31-20-22-32(23-21-31)44(39,40)37-24-12-11-19-30(26-42-25-27-13-5-2-6-14-27)33(37)35(38)36-43-34(28-15-7-3-8-16-28)29-17-9-4-10-18-29/h2-10,13-18,20-23,30,33-34H,11-12,19,24-26H2,1H3,(H,36,38). The third kappa shape index (κ3) is 7.73. The van der Waals surface area contributed by atoms with Gasteiger partial charge in [-0.1, -0.05) is 97.4 Å². The topological polar surface area (TPSA) is 94.2 Å². The molecule has 0 bridgehead atoms. The fourth-order valence-corrected chi connectivity index (χ4v) is 7.23. The molecule has 1 aliphatic rings. The zero-order valence-corrected chi connectivity index (χ0v) is 25.6. The summed E-state index contributed by atoms with van der Waals surface area (Å²) in [6, 6.07) is 34.1. The molecular weight excluding hydrogens is 576 g/mol. The average Bonchev–Trinajstić information content (AvgIpc) is 3.29. The zero-order chi connectivity index (χ0) is 30.8. The molecule has 8 nitrogen and oxygen atoms in total. The zero-order valence-electron chi connectivity index (χ0n) is 24.7. The number of hydrogen-bond acceptors (Lipinski definition) is 6. The molecular formula is C35H38N2O6S. The number of hydrogen-bond donors (Lipinski definition) is 1. The number of methoxy groups -OCH3 is 1. The summed E-state index contributed by atoms with van der Waals surface area (Å²) in [7, 11) is -2.53. The molecule has 0 aromatic heterocycles. The normalized spacial score (nSPS) is 17.6. The van der Waals surface area contributed by atoms with Gasteiger partial charge in [0, 0.05) is 12.5 Å². The van der Waals surface area contributed by atoms with E-state index in [0.29, 0.717) is 25.2 Å². The molecule has 0 saturated carbocycles. The van der Waals surface area contributed by atoms with Crippen molar-refractivity contribution < 1.29 is 27.5 Å². The number of hydroxylamine groups is 1. The smallest absolute Gasteiger partial charge is 0.262 e. The average molecular weight is 615 g/mol. The van der Waals surface area contributed by atoms with Crippen molar-refractivity contribution in [2.45, 2.75) is 42.9 Å². The molecule has 1 amide bonds. The monoisotopic (exact) mass is 614 g/mol. The Bertz CT molecular complexity index is 1530. The Morgan fingerprint density at radius 2 is 1.43 bits per heavy atom. The lowest BCUT2D eigenvalue weighted by Gasteiger charge is -2.33. The van der Waals surface area contributed by atoms with Crippen LogP contribution in [0.4, 0.5) is 0 Å². The van der Waals surface area contributed by atoms with Gasteiger partial charge in [-0.15, -0.1) is 0 Å². The molecule has 44 heavy (non-hydrogen) atoms. The summed E-state index contributed by atoms with van der Waals surface area (Å²) in [5, 5.41) is 0. The van der Waals surface area contributed by atoms with E-state index in [1.807, 2.05) is 91.0 Å². The van der Waals surface area contributed by atoms with Gasteiger partial charge in [0.05, 0.1) is 25.2 Å². The molecule has 1 N–H and O–H groups in total. The molecule has 1 fully saturated rings. The molecule has 9 heteroatoms. The number of nitrogens with one attached hydrogen (secondary N) is 1. The maximum Gasteiger partial charge on any atom is 0.262 e. The van der Waals surface area contributed by atoms with Gasteiger partial charge in [0.25, 0.3) is 5.91 Å². The van der Waals surface area contributed by atoms with Crippen LogP contribution >= 0.6 is 0 Å². The Labute approximate surface area is 259 Å². The number of sulfonamides is 1. The van der Waals surface area contributed by atoms with E-state index >= 15 is 0 Å². The van der Waals surface area contributed by atoms with E-state index in [1.54, 1.807) is 12.1 Å². The maximum absolute atomic E-state index is 14.1. The van der Waals surface area contributed by atoms with Crippen molar-refractivity contribution in [2.75, 3.05) is 20.3 Å². The maximum atomic E-state index is 14.1. The first-order chi connectivity index (χ1) is 21.5. The molecule has 1 saturated heterocycles. The lowest BCUT2D eigenvalue weighted by atomic mass is 9.95. The van der Waals surface area contributed by atoms with Crippen molar-refractivity contribution in [3.05, 3.63) is 132 Å². The Balaban J connectivity index is 1.43. The number of rotatable bonds is 12. The van der Waals surface area contributed by atoms with Crippen LogP contribution in [0.25, 0.3) is 0 Å². The van der Waals surface area contributed by atoms with Crippen molar-refractivity contribution in [3.8, 4) is 5.75 Å². The van der Waals surface area contributed by atoms with E-state index in [2.05, 4.69) is 5.48 Å². The molecule has 0 radical (unpaired) electrons. The van der Waals surface area contributed by atoms with Gasteiger partial charge in [-0.3, -0.25) is 9.63 Å². The highest BCUT2D eigenvalue weighted by molar-refractivity contribution is 7.89. The molecule has 5 rings (SSSR count). The lowest BCUT2D eigenvalue weighted by molar-refractivity contribution is -0.143. The van der Waals surface area contributed by atoms with Crippen molar-refractivity contribution >= 4 is 15.9 Å². The molecule has 2 unspecified atom stereocenters. The highest BCUT2D eigenvalue weighted by atomic mass is 32.2. The Hall–Kier alpha value is -4.02. The first-order valence-electron chi connectivity index (χ1n) is 14.8. The van der Waals surface area contributed by atoms with Gasteiger partial charge in [-0.25, -0.2) is 13.9 Å². The van der Waals surface area contributed by atoms with E-state index in [1.165, 1.54) is 23.5 Å². The fourth-order valence-electron chi connectivity index (χ4n) is 5.54. The second-order valence-electron chi connectivity index (χ2n) is 10.8. The quantitative estimate of drug-likeness (QED) is 0.200. The number of benzene rings is 4. The first-order valence-corrected chi connectivity index (χ1v) is 16.2. The number of carbonyl (C=O) groups excluding carboxylic acids is 1. The van der Waals surface area contributed by atoms with Crippen molar-refractivity contribution in [1.29, 1.82) is 0 Å². The van der Waals surface area contributed by atoms with E-state index < -0.39 is 34.0 Å². The van der Waals surface area contributed by atoms with Crippen molar-refractivity contribution in [2.24, 2.45) is 5.92 Å². The lowest BCUT2D eigenvalue weighted by Crippen LogP contribution is -2.53. The van der Waals surface area contributed by atoms with Crippen LogP contribution in [0.3, 0.4) is 0 Å². The first kappa shape index (κ1) is 31.4. The summed E-state index contributed by atoms with van der Waals surface area (Å²) < 4.78 is 40.8. The van der Waals surface area contributed by atoms with Crippen LogP contribution in [0.5, 0.6) is 5.75 Å². The summed E-state index contributed by atoms with van der Waals surface area (Å²) in [5.74, 6) is -0.388. The molecule has 0 aliphatic carbocycles. The number of ether oxygens (including phenoxy) is 2. The second-order valence-corrected chi connectivity index (χ2v) is 12.7. The van der Waals surface area contributed by atoms with Crippen LogP contribution in [-0.2, 0) is 31.0 Å². The minimum Gasteiger partial charge on any atom is -0.497 e. The predicted molar refractivity (Wildman–Crippen MR) is 168 cm³/mol. The molecule has 1 heterocycles. The fraction of sp³-hybridized carbons (Fsp3) is 0.286. The minimum atomic E-state index is -4.05. The summed E-state index contributed by atoms with van der Waals surface area (Å²) in [6.45, 7) is 0.766. The Kier molecular flexibility index (Phi) is 10.8. The van der Waals surface area contributed by atoms with E-state index in [9.17, 15) is 13.2 Å². The third-order valence-electron chi connectivity index (χ3n) is 7.82. The SMILES string of the molecule is COc1ccc(S(=O)(=O)N2CCCCC(COCc3ccccc3)C2C(=O)NOC(c2ccccc2)c2ccccc2)cc1. The number of nitrogens with zero attached hydrogens (tertiary/aromatic N) is 1. The minimum absolute atomic E-state index is 0.0920. The summed E-state index contributed by atoms with van der Waals surface area (Å²) in [6.07, 6.45) is 1.41. The number of amides is 1. The number of carbonyl (C=O) groups is 1. The van der Waals surface area contributed by atoms with Gasteiger partial charge in [-0.05, 0) is 53.8 Å². The van der Waals surface area contributed by atoms with Crippen molar-refractivity contribution in [1.82, 2.24) is 9.79 Å². The van der Waals surface area contributed by atoms with Crippen molar-refractivity contribution in [3.63, 3.8) is 0 Å².